The molecule has 1 N–H and O–H groups in total. The largest absolute Gasteiger partial charge is 0.507 e. The van der Waals surface area contributed by atoms with Crippen LogP contribution in [0, 0.1) is 6.92 Å². The number of esters is 1. The van der Waals surface area contributed by atoms with E-state index in [0.29, 0.717) is 34.2 Å². The molecule has 8 nitrogen and oxygen atoms in total. The normalized spacial score (nSPS) is 16.4. The maximum Gasteiger partial charge on any atom is 0.350 e. The van der Waals surface area contributed by atoms with Gasteiger partial charge >= 0.3 is 11.9 Å². The van der Waals surface area contributed by atoms with E-state index in [-0.39, 0.29) is 27.9 Å². The predicted molar refractivity (Wildman–Crippen MR) is 146 cm³/mol. The second-order valence-corrected chi connectivity index (χ2v) is 9.56. The number of rotatable bonds is 9. The maximum atomic E-state index is 13.4. The minimum atomic E-state index is -1.02. The van der Waals surface area contributed by atoms with E-state index in [0.717, 1.165) is 11.3 Å². The highest BCUT2D eigenvalue weighted by Crippen LogP contribution is 2.44. The summed E-state index contributed by atoms with van der Waals surface area (Å²) in [6.07, 6.45) is 3.04. The Hall–Kier alpha value is -4.21. The van der Waals surface area contributed by atoms with Gasteiger partial charge in [0, 0.05) is 10.6 Å². The van der Waals surface area contributed by atoms with Gasteiger partial charge in [-0.2, -0.15) is 0 Å². The lowest BCUT2D eigenvalue weighted by molar-refractivity contribution is -0.132. The molecule has 1 atom stereocenters. The zero-order chi connectivity index (χ0) is 27.4. The Balaban J connectivity index is 1.82. The fourth-order valence-electron chi connectivity index (χ4n) is 3.88. The van der Waals surface area contributed by atoms with Crippen molar-refractivity contribution in [3.05, 3.63) is 106 Å². The van der Waals surface area contributed by atoms with Crippen molar-refractivity contribution in [2.75, 3.05) is 18.1 Å². The van der Waals surface area contributed by atoms with Crippen molar-refractivity contribution in [3.8, 4) is 5.75 Å². The second-order valence-electron chi connectivity index (χ2n) is 8.14. The summed E-state index contributed by atoms with van der Waals surface area (Å²) in [5.74, 6) is -2.22. The summed E-state index contributed by atoms with van der Waals surface area (Å²) < 4.78 is 10.6. The molecule has 38 heavy (non-hydrogen) atoms. The zero-order valence-corrected chi connectivity index (χ0v) is 21.9. The minimum absolute atomic E-state index is 0.0121. The lowest BCUT2D eigenvalue weighted by Gasteiger charge is -2.23. The first-order valence-corrected chi connectivity index (χ1v) is 12.6. The van der Waals surface area contributed by atoms with E-state index in [4.69, 9.17) is 21.1 Å². The Labute approximate surface area is 228 Å². The number of aromatic nitrogens is 1. The van der Waals surface area contributed by atoms with E-state index in [1.807, 2.05) is 0 Å². The summed E-state index contributed by atoms with van der Waals surface area (Å²) >= 11 is 7.00. The summed E-state index contributed by atoms with van der Waals surface area (Å²) in [6.45, 7) is 9.06. The molecular formula is C28H23ClN2O6S. The summed E-state index contributed by atoms with van der Waals surface area (Å²) in [4.78, 5) is 44.9. The van der Waals surface area contributed by atoms with Gasteiger partial charge in [-0.1, -0.05) is 60.4 Å². The van der Waals surface area contributed by atoms with Gasteiger partial charge in [0.1, 0.15) is 29.6 Å². The number of nitrogens with zero attached hydrogens (tertiary/aromatic N) is 2. The van der Waals surface area contributed by atoms with Crippen molar-refractivity contribution in [2.24, 2.45) is 0 Å². The topological polar surface area (TPSA) is 106 Å². The van der Waals surface area contributed by atoms with Crippen LogP contribution in [0.15, 0.2) is 79.4 Å². The van der Waals surface area contributed by atoms with Crippen LogP contribution in [-0.4, -0.2) is 41.0 Å². The molecule has 1 unspecified atom stereocenters. The molecule has 1 aliphatic rings. The van der Waals surface area contributed by atoms with E-state index in [1.165, 1.54) is 11.0 Å². The molecule has 1 aromatic heterocycles. The van der Waals surface area contributed by atoms with E-state index >= 15 is 0 Å². The zero-order valence-electron chi connectivity index (χ0n) is 20.3. The van der Waals surface area contributed by atoms with Crippen LogP contribution in [0.3, 0.4) is 0 Å². The quantitative estimate of drug-likeness (QED) is 0.121. The van der Waals surface area contributed by atoms with Crippen molar-refractivity contribution in [3.63, 3.8) is 0 Å². The Bertz CT molecular complexity index is 1440. The number of benzene rings is 2. The highest BCUT2D eigenvalue weighted by molar-refractivity contribution is 7.17. The molecule has 10 heteroatoms. The summed E-state index contributed by atoms with van der Waals surface area (Å²) in [7, 11) is 0. The first-order chi connectivity index (χ1) is 18.3. The lowest BCUT2D eigenvalue weighted by Crippen LogP contribution is -2.29. The van der Waals surface area contributed by atoms with Gasteiger partial charge in [0.05, 0.1) is 17.3 Å². The number of Topliss-reactive ketones (excluding diaryl/α,β-unsaturated/α-hetero) is 1. The number of halogens is 1. The van der Waals surface area contributed by atoms with Crippen molar-refractivity contribution in [1.29, 1.82) is 0 Å². The van der Waals surface area contributed by atoms with Crippen molar-refractivity contribution in [2.45, 2.75) is 13.0 Å². The molecule has 4 rings (SSSR count). The molecule has 0 saturated carbocycles. The number of ketones is 1. The molecule has 2 heterocycles. The van der Waals surface area contributed by atoms with E-state index in [1.54, 1.807) is 61.5 Å². The van der Waals surface area contributed by atoms with Gasteiger partial charge in [-0.15, -0.1) is 0 Å². The fraction of sp³-hybridized carbons (Fsp3) is 0.143. The smallest absolute Gasteiger partial charge is 0.350 e. The van der Waals surface area contributed by atoms with Gasteiger partial charge in [-0.05, 0) is 48.9 Å². The van der Waals surface area contributed by atoms with Gasteiger partial charge in [0.15, 0.2) is 5.13 Å². The maximum absolute atomic E-state index is 13.4. The van der Waals surface area contributed by atoms with Crippen LogP contribution in [0.4, 0.5) is 5.13 Å². The van der Waals surface area contributed by atoms with Crippen molar-refractivity contribution < 1.29 is 29.0 Å². The third-order valence-corrected chi connectivity index (χ3v) is 7.02. The average molecular weight is 551 g/mol. The average Bonchev–Trinajstić information content (AvgIpc) is 3.43. The Morgan fingerprint density at radius 2 is 1.76 bits per heavy atom. The molecule has 194 valence electrons. The molecule has 2 aromatic carbocycles. The van der Waals surface area contributed by atoms with Gasteiger partial charge in [-0.3, -0.25) is 14.5 Å². The van der Waals surface area contributed by atoms with Crippen molar-refractivity contribution >= 4 is 51.5 Å². The second kappa shape index (κ2) is 11.5. The summed E-state index contributed by atoms with van der Waals surface area (Å²) in [5, 5.41) is 11.8. The molecule has 0 aliphatic carbocycles. The number of anilines is 1. The van der Waals surface area contributed by atoms with Gasteiger partial charge in [0.25, 0.3) is 5.78 Å². The van der Waals surface area contributed by atoms with Gasteiger partial charge in [-0.25, -0.2) is 9.78 Å². The highest BCUT2D eigenvalue weighted by Gasteiger charge is 2.48. The Kier molecular flexibility index (Phi) is 8.09. The standard InChI is InChI=1S/C28H23ClN2O6S/c1-4-14-36-20-12-8-18(9-13-20)23(32)21-22(17-6-10-19(29)11-7-17)31(26(34)24(21)33)28-30-16(3)25(38-28)27(35)37-15-5-2/h4-13,22,32H,1-2,14-15H2,3H3/b23-21+. The van der Waals surface area contributed by atoms with Gasteiger partial charge in [0.2, 0.25) is 0 Å². The fourth-order valence-corrected chi connectivity index (χ4v) is 5.00. The highest BCUT2D eigenvalue weighted by atomic mass is 35.5. The van der Waals surface area contributed by atoms with Crippen molar-refractivity contribution in [1.82, 2.24) is 4.98 Å². The number of amides is 1. The van der Waals surface area contributed by atoms with Gasteiger partial charge < -0.3 is 14.6 Å². The molecule has 1 saturated heterocycles. The first-order valence-electron chi connectivity index (χ1n) is 11.4. The Morgan fingerprint density at radius 3 is 2.39 bits per heavy atom. The first kappa shape index (κ1) is 26.8. The number of thiazole rings is 1. The third-order valence-electron chi connectivity index (χ3n) is 5.63. The molecule has 0 bridgehead atoms. The number of carbonyl (C=O) groups excluding carboxylic acids is 3. The number of ether oxygens (including phenoxy) is 2. The SMILES string of the molecule is C=CCOC(=O)c1sc(N2C(=O)C(=O)/C(=C(/O)c3ccc(OCC=C)cc3)C2c2ccc(Cl)cc2)nc1C. The molecule has 0 radical (unpaired) electrons. The lowest BCUT2D eigenvalue weighted by atomic mass is 9.95. The predicted octanol–water partition coefficient (Wildman–Crippen LogP) is 5.64. The molecule has 3 aromatic rings. The number of carbonyl (C=O) groups is 3. The van der Waals surface area contributed by atoms with Crippen LogP contribution >= 0.6 is 22.9 Å². The summed E-state index contributed by atoms with van der Waals surface area (Å²) in [6, 6.07) is 12.0. The van der Waals surface area contributed by atoms with E-state index in [2.05, 4.69) is 18.1 Å². The van der Waals surface area contributed by atoms with Crippen LogP contribution in [0.1, 0.15) is 32.5 Å². The van der Waals surface area contributed by atoms with Crippen LogP contribution in [0.5, 0.6) is 5.75 Å². The number of hydrogen-bond donors (Lipinski definition) is 1. The van der Waals surface area contributed by atoms with E-state index in [9.17, 15) is 19.5 Å². The number of aryl methyl sites for hydroxylation is 1. The monoisotopic (exact) mass is 550 g/mol. The molecule has 1 fully saturated rings. The Morgan fingerprint density at radius 1 is 1.11 bits per heavy atom. The molecule has 1 amide bonds. The number of hydrogen-bond acceptors (Lipinski definition) is 8. The van der Waals surface area contributed by atoms with Crippen LogP contribution in [0.25, 0.3) is 5.76 Å². The summed E-state index contributed by atoms with van der Waals surface area (Å²) in [5.41, 5.74) is 1.05. The number of aliphatic hydroxyl groups is 1. The van der Waals surface area contributed by atoms with Crippen LogP contribution in [0.2, 0.25) is 5.02 Å². The molecular weight excluding hydrogens is 528 g/mol. The van der Waals surface area contributed by atoms with Crippen LogP contribution in [-0.2, 0) is 14.3 Å². The van der Waals surface area contributed by atoms with E-state index < -0.39 is 23.7 Å². The number of aliphatic hydroxyl groups excluding tert-OH is 1. The molecule has 1 aliphatic heterocycles. The minimum Gasteiger partial charge on any atom is -0.507 e. The molecule has 0 spiro atoms. The third kappa shape index (κ3) is 5.25. The van der Waals surface area contributed by atoms with Crippen LogP contribution < -0.4 is 9.64 Å².